The highest BCUT2D eigenvalue weighted by molar-refractivity contribution is 5.32. The van der Waals surface area contributed by atoms with Crippen LogP contribution in [0.4, 0.5) is 0 Å². The SMILES string of the molecule is Cc1ccc(C)c(CC2(CC(C)C)CNC2)c1. The summed E-state index contributed by atoms with van der Waals surface area (Å²) >= 11 is 0. The molecule has 17 heavy (non-hydrogen) atoms. The molecule has 94 valence electrons. The van der Waals surface area contributed by atoms with Gasteiger partial charge in [0.25, 0.3) is 0 Å². The summed E-state index contributed by atoms with van der Waals surface area (Å²) in [4.78, 5) is 0. The number of hydrogen-bond donors (Lipinski definition) is 1. The molecule has 1 aromatic rings. The molecule has 1 saturated heterocycles. The fourth-order valence-electron chi connectivity index (χ4n) is 3.08. The van der Waals surface area contributed by atoms with Gasteiger partial charge in [0.05, 0.1) is 0 Å². The molecule has 1 fully saturated rings. The maximum atomic E-state index is 3.46. The van der Waals surface area contributed by atoms with Crippen LogP contribution in [-0.2, 0) is 6.42 Å². The molecular formula is C16H25N. The van der Waals surface area contributed by atoms with E-state index in [-0.39, 0.29) is 0 Å². The van der Waals surface area contributed by atoms with Crippen LogP contribution in [0.2, 0.25) is 0 Å². The molecule has 0 spiro atoms. The summed E-state index contributed by atoms with van der Waals surface area (Å²) in [6.07, 6.45) is 2.58. The molecule has 2 rings (SSSR count). The molecule has 0 atom stereocenters. The molecule has 0 unspecified atom stereocenters. The Balaban J connectivity index is 2.15. The van der Waals surface area contributed by atoms with Crippen molar-refractivity contribution < 1.29 is 0 Å². The second-order valence-corrected chi connectivity index (χ2v) is 6.31. The molecule has 0 aromatic heterocycles. The van der Waals surface area contributed by atoms with Gasteiger partial charge in [-0.2, -0.15) is 0 Å². The van der Waals surface area contributed by atoms with E-state index >= 15 is 0 Å². The highest BCUT2D eigenvalue weighted by Crippen LogP contribution is 2.35. The van der Waals surface area contributed by atoms with Crippen LogP contribution in [0, 0.1) is 25.2 Å². The molecule has 0 amide bonds. The van der Waals surface area contributed by atoms with Crippen LogP contribution in [0.3, 0.4) is 0 Å². The zero-order chi connectivity index (χ0) is 12.5. The van der Waals surface area contributed by atoms with Crippen molar-refractivity contribution in [2.45, 2.75) is 40.5 Å². The quantitative estimate of drug-likeness (QED) is 0.836. The largest absolute Gasteiger partial charge is 0.316 e. The summed E-state index contributed by atoms with van der Waals surface area (Å²) in [6.45, 7) is 11.5. The minimum Gasteiger partial charge on any atom is -0.316 e. The van der Waals surface area contributed by atoms with Crippen molar-refractivity contribution in [2.75, 3.05) is 13.1 Å². The van der Waals surface area contributed by atoms with Gasteiger partial charge in [-0.3, -0.25) is 0 Å². The van der Waals surface area contributed by atoms with Gasteiger partial charge in [0, 0.05) is 13.1 Å². The van der Waals surface area contributed by atoms with Crippen LogP contribution in [0.5, 0.6) is 0 Å². The van der Waals surface area contributed by atoms with Gasteiger partial charge in [-0.25, -0.2) is 0 Å². The second kappa shape index (κ2) is 4.81. The Morgan fingerprint density at radius 1 is 1.24 bits per heavy atom. The van der Waals surface area contributed by atoms with Crippen LogP contribution in [0.1, 0.15) is 37.0 Å². The van der Waals surface area contributed by atoms with Crippen LogP contribution < -0.4 is 5.32 Å². The van der Waals surface area contributed by atoms with E-state index in [1.165, 1.54) is 37.1 Å². The molecule has 0 saturated carbocycles. The molecule has 1 nitrogen and oxygen atoms in total. The fourth-order valence-corrected chi connectivity index (χ4v) is 3.08. The molecule has 1 heteroatoms. The van der Waals surface area contributed by atoms with Gasteiger partial charge < -0.3 is 5.32 Å². The summed E-state index contributed by atoms with van der Waals surface area (Å²) in [7, 11) is 0. The summed E-state index contributed by atoms with van der Waals surface area (Å²) in [5, 5.41) is 3.46. The van der Waals surface area contributed by atoms with Gasteiger partial charge in [0.1, 0.15) is 0 Å². The van der Waals surface area contributed by atoms with E-state index in [9.17, 15) is 0 Å². The maximum absolute atomic E-state index is 3.46. The Labute approximate surface area is 106 Å². The van der Waals surface area contributed by atoms with Gasteiger partial charge in [-0.15, -0.1) is 0 Å². The van der Waals surface area contributed by atoms with Crippen molar-refractivity contribution in [3.8, 4) is 0 Å². The highest BCUT2D eigenvalue weighted by Gasteiger charge is 2.37. The number of benzene rings is 1. The molecular weight excluding hydrogens is 206 g/mol. The van der Waals surface area contributed by atoms with Crippen molar-refractivity contribution in [1.29, 1.82) is 0 Å². The zero-order valence-electron chi connectivity index (χ0n) is 11.6. The van der Waals surface area contributed by atoms with Crippen molar-refractivity contribution in [1.82, 2.24) is 5.32 Å². The van der Waals surface area contributed by atoms with E-state index in [2.05, 4.69) is 51.2 Å². The first-order chi connectivity index (χ1) is 8.01. The Bertz CT molecular complexity index is 389. The van der Waals surface area contributed by atoms with E-state index in [0.29, 0.717) is 5.41 Å². The van der Waals surface area contributed by atoms with Crippen molar-refractivity contribution in [3.05, 3.63) is 34.9 Å². The van der Waals surface area contributed by atoms with E-state index in [1.807, 2.05) is 0 Å². The molecule has 1 aliphatic heterocycles. The van der Waals surface area contributed by atoms with Gasteiger partial charge in [-0.05, 0) is 49.1 Å². The maximum Gasteiger partial charge on any atom is 0.00235 e. The van der Waals surface area contributed by atoms with Crippen molar-refractivity contribution >= 4 is 0 Å². The lowest BCUT2D eigenvalue weighted by Gasteiger charge is -2.44. The average molecular weight is 231 g/mol. The van der Waals surface area contributed by atoms with Crippen LogP contribution in [0.25, 0.3) is 0 Å². The Morgan fingerprint density at radius 3 is 2.47 bits per heavy atom. The summed E-state index contributed by atoms with van der Waals surface area (Å²) in [6, 6.07) is 6.85. The van der Waals surface area contributed by atoms with E-state index in [4.69, 9.17) is 0 Å². The van der Waals surface area contributed by atoms with Crippen molar-refractivity contribution in [3.63, 3.8) is 0 Å². The number of rotatable bonds is 4. The van der Waals surface area contributed by atoms with E-state index < -0.39 is 0 Å². The summed E-state index contributed by atoms with van der Waals surface area (Å²) < 4.78 is 0. The molecule has 1 N–H and O–H groups in total. The Hall–Kier alpha value is -0.820. The van der Waals surface area contributed by atoms with Gasteiger partial charge in [-0.1, -0.05) is 37.6 Å². The average Bonchev–Trinajstić information content (AvgIpc) is 2.19. The van der Waals surface area contributed by atoms with Crippen molar-refractivity contribution in [2.24, 2.45) is 11.3 Å². The fraction of sp³-hybridized carbons (Fsp3) is 0.625. The Kier molecular flexibility index (Phi) is 3.58. The highest BCUT2D eigenvalue weighted by atomic mass is 15.0. The molecule has 1 aliphatic rings. The molecule has 0 aliphatic carbocycles. The monoisotopic (exact) mass is 231 g/mol. The zero-order valence-corrected chi connectivity index (χ0v) is 11.6. The molecule has 0 bridgehead atoms. The number of hydrogen-bond acceptors (Lipinski definition) is 1. The van der Waals surface area contributed by atoms with Gasteiger partial charge in [0.15, 0.2) is 0 Å². The number of nitrogens with one attached hydrogen (secondary N) is 1. The number of aryl methyl sites for hydroxylation is 2. The predicted molar refractivity (Wildman–Crippen MR) is 74.4 cm³/mol. The minimum absolute atomic E-state index is 0.521. The first-order valence-electron chi connectivity index (χ1n) is 6.78. The van der Waals surface area contributed by atoms with Crippen LogP contribution >= 0.6 is 0 Å². The molecule has 0 radical (unpaired) electrons. The Morgan fingerprint density at radius 2 is 1.94 bits per heavy atom. The topological polar surface area (TPSA) is 12.0 Å². The first kappa shape index (κ1) is 12.6. The molecule has 1 aromatic carbocycles. The lowest BCUT2D eigenvalue weighted by atomic mass is 9.70. The van der Waals surface area contributed by atoms with Gasteiger partial charge in [0.2, 0.25) is 0 Å². The smallest absolute Gasteiger partial charge is 0.00235 e. The summed E-state index contributed by atoms with van der Waals surface area (Å²) in [5.74, 6) is 0.794. The first-order valence-corrected chi connectivity index (χ1v) is 6.78. The lowest BCUT2D eigenvalue weighted by molar-refractivity contribution is 0.131. The normalized spacial score (nSPS) is 18.2. The molecule has 1 heterocycles. The minimum atomic E-state index is 0.521. The second-order valence-electron chi connectivity index (χ2n) is 6.31. The predicted octanol–water partition coefficient (Wildman–Crippen LogP) is 3.48. The van der Waals surface area contributed by atoms with E-state index in [1.54, 1.807) is 5.56 Å². The van der Waals surface area contributed by atoms with Crippen LogP contribution in [0.15, 0.2) is 18.2 Å². The van der Waals surface area contributed by atoms with E-state index in [0.717, 1.165) is 5.92 Å². The summed E-state index contributed by atoms with van der Waals surface area (Å²) in [5.41, 5.74) is 4.91. The standard InChI is InChI=1S/C16H25N/c1-12(2)8-16(10-17-11-16)9-15-7-13(3)5-6-14(15)4/h5-7,12,17H,8-11H2,1-4H3. The third-order valence-corrected chi connectivity index (χ3v) is 3.91. The third kappa shape index (κ3) is 2.90. The third-order valence-electron chi connectivity index (χ3n) is 3.91. The van der Waals surface area contributed by atoms with Crippen LogP contribution in [-0.4, -0.2) is 13.1 Å². The lowest BCUT2D eigenvalue weighted by Crippen LogP contribution is -2.55. The van der Waals surface area contributed by atoms with Gasteiger partial charge >= 0.3 is 0 Å².